The van der Waals surface area contributed by atoms with Gasteiger partial charge in [-0.25, -0.2) is 4.79 Å². The Hall–Kier alpha value is -6.39. The maximum Gasteiger partial charge on any atom is 0.336 e. The summed E-state index contributed by atoms with van der Waals surface area (Å²) in [5.41, 5.74) is 2.41. The van der Waals surface area contributed by atoms with Gasteiger partial charge >= 0.3 is 5.97 Å². The Kier molecular flexibility index (Phi) is 10.3. The van der Waals surface area contributed by atoms with E-state index in [1.165, 1.54) is 6.07 Å². The average molecular weight is 797 g/mol. The molecule has 1 N–H and O–H groups in total. The molecule has 0 amide bonds. The highest BCUT2D eigenvalue weighted by Crippen LogP contribution is 2.51. The second-order valence-corrected chi connectivity index (χ2v) is 12.7. The van der Waals surface area contributed by atoms with E-state index in [2.05, 4.69) is 22.6 Å². The number of hydrogen-bond acceptors (Lipinski definition) is 6. The summed E-state index contributed by atoms with van der Waals surface area (Å²) in [6, 6.07) is 51.2. The molecule has 0 aliphatic heterocycles. The fraction of sp³-hybridized carbons (Fsp3) is 0. The first-order valence-electron chi connectivity index (χ1n) is 16.2. The number of ether oxygens (including phenoxy) is 3. The number of halogens is 1. The lowest BCUT2D eigenvalue weighted by Crippen LogP contribution is -2.05. The summed E-state index contributed by atoms with van der Waals surface area (Å²) in [4.78, 5) is 24.7. The fourth-order valence-electron chi connectivity index (χ4n) is 5.55. The van der Waals surface area contributed by atoms with Gasteiger partial charge in [0, 0.05) is 15.2 Å². The second kappa shape index (κ2) is 15.7. The number of aromatic carboxylic acids is 1. The normalized spacial score (nSPS) is 10.6. The molecule has 0 fully saturated rings. The van der Waals surface area contributed by atoms with Gasteiger partial charge in [0.2, 0.25) is 11.2 Å². The maximum absolute atomic E-state index is 12.5. The molecule has 0 saturated heterocycles. The molecule has 0 bridgehead atoms. The van der Waals surface area contributed by atoms with E-state index >= 15 is 0 Å². The Morgan fingerprint density at radius 1 is 0.538 bits per heavy atom. The summed E-state index contributed by atoms with van der Waals surface area (Å²) >= 11 is 2.19. The van der Waals surface area contributed by atoms with Crippen LogP contribution < -0.4 is 19.6 Å². The largest absolute Gasteiger partial charge is 0.478 e. The van der Waals surface area contributed by atoms with Gasteiger partial charge in [-0.2, -0.15) is 0 Å². The first kappa shape index (κ1) is 34.1. The molecule has 7 aromatic carbocycles. The Labute approximate surface area is 312 Å². The topological polar surface area (TPSA) is 95.2 Å². The Morgan fingerprint density at radius 2 is 1.04 bits per heavy atom. The molecule has 1 heterocycles. The van der Waals surface area contributed by atoms with Crippen LogP contribution >= 0.6 is 22.6 Å². The summed E-state index contributed by atoms with van der Waals surface area (Å²) in [6.45, 7) is 0. The predicted octanol–water partition coefficient (Wildman–Crippen LogP) is 12.0. The minimum absolute atomic E-state index is 0.0264. The molecule has 0 atom stereocenters. The van der Waals surface area contributed by atoms with E-state index in [9.17, 15) is 14.7 Å². The van der Waals surface area contributed by atoms with Crippen molar-refractivity contribution in [3.8, 4) is 45.6 Å². The monoisotopic (exact) mass is 796 g/mol. The molecular weight excluding hydrogens is 767 g/mol. The number of para-hydroxylation sites is 4. The first-order chi connectivity index (χ1) is 25.4. The third kappa shape index (κ3) is 7.67. The highest BCUT2D eigenvalue weighted by molar-refractivity contribution is 14.1. The van der Waals surface area contributed by atoms with Crippen molar-refractivity contribution in [2.24, 2.45) is 0 Å². The molecule has 8 rings (SSSR count). The molecule has 8 heteroatoms. The third-order valence-electron chi connectivity index (χ3n) is 7.93. The van der Waals surface area contributed by atoms with Gasteiger partial charge < -0.3 is 23.7 Å². The fourth-order valence-corrected chi connectivity index (χ4v) is 6.04. The molecule has 254 valence electrons. The summed E-state index contributed by atoms with van der Waals surface area (Å²) in [5, 5.41) is 11.5. The van der Waals surface area contributed by atoms with Crippen molar-refractivity contribution < 1.29 is 28.5 Å². The van der Waals surface area contributed by atoms with E-state index in [1.807, 2.05) is 133 Å². The van der Waals surface area contributed by atoms with E-state index in [1.54, 1.807) is 30.3 Å². The van der Waals surface area contributed by atoms with E-state index in [0.29, 0.717) is 50.3 Å². The summed E-state index contributed by atoms with van der Waals surface area (Å²) in [5.74, 6) is 1.21. The zero-order chi connectivity index (χ0) is 35.9. The lowest BCUT2D eigenvalue weighted by Gasteiger charge is -2.21. The van der Waals surface area contributed by atoms with Crippen LogP contribution in [0, 0.1) is 3.57 Å². The smallest absolute Gasteiger partial charge is 0.336 e. The van der Waals surface area contributed by atoms with Crippen molar-refractivity contribution in [2.75, 3.05) is 0 Å². The average Bonchev–Trinajstić information content (AvgIpc) is 3.18. The van der Waals surface area contributed by atoms with Gasteiger partial charge in [0.25, 0.3) is 0 Å². The van der Waals surface area contributed by atoms with Crippen LogP contribution in [0.3, 0.4) is 0 Å². The minimum Gasteiger partial charge on any atom is -0.478 e. The Morgan fingerprint density at radius 3 is 1.63 bits per heavy atom. The second-order valence-electron chi connectivity index (χ2n) is 11.4. The van der Waals surface area contributed by atoms with Crippen LogP contribution in [0.5, 0.6) is 34.5 Å². The van der Waals surface area contributed by atoms with Gasteiger partial charge in [0.15, 0.2) is 11.5 Å². The summed E-state index contributed by atoms with van der Waals surface area (Å²) in [6.07, 6.45) is 0. The van der Waals surface area contributed by atoms with Crippen LogP contribution in [0.4, 0.5) is 0 Å². The van der Waals surface area contributed by atoms with Gasteiger partial charge in [-0.3, -0.25) is 4.79 Å². The van der Waals surface area contributed by atoms with Crippen LogP contribution in [0.1, 0.15) is 10.4 Å². The third-order valence-corrected chi connectivity index (χ3v) is 8.60. The lowest BCUT2D eigenvalue weighted by molar-refractivity contribution is 0.0697. The molecule has 0 unspecified atom stereocenters. The van der Waals surface area contributed by atoms with Crippen LogP contribution in [0.2, 0.25) is 0 Å². The summed E-state index contributed by atoms with van der Waals surface area (Å²) < 4.78 is 25.6. The SMILES string of the molecule is O=C(O)c1cc(Oc2ccccc2)c(Oc2ccccc2)c(Oc2ccccc2)c1-c1ccccc1.O=c1c2ccccc2oc2ccc(I)cc12. The number of carboxylic acid groups (broad SMARTS) is 1. The number of carbonyl (C=O) groups is 1. The Balaban J connectivity index is 0.000000217. The van der Waals surface area contributed by atoms with Gasteiger partial charge in [0.05, 0.1) is 16.3 Å². The van der Waals surface area contributed by atoms with Gasteiger partial charge in [0.1, 0.15) is 28.4 Å². The van der Waals surface area contributed by atoms with Crippen molar-refractivity contribution in [1.82, 2.24) is 0 Å². The minimum atomic E-state index is -1.11. The van der Waals surface area contributed by atoms with Crippen LogP contribution in [-0.2, 0) is 0 Å². The van der Waals surface area contributed by atoms with Gasteiger partial charge in [-0.05, 0) is 94.9 Å². The van der Waals surface area contributed by atoms with E-state index in [0.717, 1.165) is 3.57 Å². The van der Waals surface area contributed by atoms with Crippen molar-refractivity contribution in [1.29, 1.82) is 0 Å². The maximum atomic E-state index is 12.5. The molecule has 1 aromatic heterocycles. The molecule has 52 heavy (non-hydrogen) atoms. The number of carboxylic acids is 1. The van der Waals surface area contributed by atoms with E-state index in [4.69, 9.17) is 18.6 Å². The quantitative estimate of drug-likeness (QED) is 0.121. The van der Waals surface area contributed by atoms with Crippen molar-refractivity contribution in [3.63, 3.8) is 0 Å². The van der Waals surface area contributed by atoms with Crippen molar-refractivity contribution in [2.45, 2.75) is 0 Å². The van der Waals surface area contributed by atoms with Crippen molar-refractivity contribution in [3.05, 3.63) is 189 Å². The lowest BCUT2D eigenvalue weighted by atomic mass is 9.97. The highest BCUT2D eigenvalue weighted by atomic mass is 127. The number of benzene rings is 7. The predicted molar refractivity (Wildman–Crippen MR) is 211 cm³/mol. The van der Waals surface area contributed by atoms with E-state index < -0.39 is 5.97 Å². The van der Waals surface area contributed by atoms with Crippen LogP contribution in [0.25, 0.3) is 33.1 Å². The zero-order valence-electron chi connectivity index (χ0n) is 27.4. The molecular formula is C44H29IO7. The molecule has 8 aromatic rings. The number of rotatable bonds is 8. The number of fused-ring (bicyclic) bond motifs is 2. The number of hydrogen-bond donors (Lipinski definition) is 1. The van der Waals surface area contributed by atoms with Crippen molar-refractivity contribution >= 4 is 50.5 Å². The van der Waals surface area contributed by atoms with E-state index in [-0.39, 0.29) is 28.2 Å². The standard InChI is InChI=1S/C31H22O5.C13H7IO2/c32-31(33)26-21-27(34-23-15-7-2-8-16-23)29(35-24-17-9-3-10-18-24)30(36-25-19-11-4-12-20-25)28(26)22-13-5-1-6-14-22;14-8-5-6-12-10(7-8)13(15)9-3-1-2-4-11(9)16-12/h1-21H,(H,32,33);1-7H. The molecule has 0 aliphatic rings. The highest BCUT2D eigenvalue weighted by Gasteiger charge is 2.28. The molecule has 7 nitrogen and oxygen atoms in total. The molecule has 0 aliphatic carbocycles. The first-order valence-corrected chi connectivity index (χ1v) is 17.3. The van der Waals surface area contributed by atoms with Gasteiger partial charge in [-0.15, -0.1) is 0 Å². The molecule has 0 saturated carbocycles. The molecule has 0 spiro atoms. The molecule has 0 radical (unpaired) electrons. The van der Waals surface area contributed by atoms with Gasteiger partial charge in [-0.1, -0.05) is 97.1 Å². The Bertz CT molecular complexity index is 2540. The van der Waals surface area contributed by atoms with Crippen LogP contribution in [0.15, 0.2) is 179 Å². The summed E-state index contributed by atoms with van der Waals surface area (Å²) in [7, 11) is 0. The zero-order valence-corrected chi connectivity index (χ0v) is 29.6. The van der Waals surface area contributed by atoms with Crippen LogP contribution in [-0.4, -0.2) is 11.1 Å².